The molecule has 0 bridgehead atoms. The van der Waals surface area contributed by atoms with Crippen molar-refractivity contribution in [3.8, 4) is 11.8 Å². The summed E-state index contributed by atoms with van der Waals surface area (Å²) >= 11 is 0. The molecular weight excluding hydrogens is 386 g/mol. The van der Waals surface area contributed by atoms with E-state index in [0.717, 1.165) is 37.5 Å². The van der Waals surface area contributed by atoms with Crippen LogP contribution in [0.4, 0.5) is 0 Å². The number of rotatable bonds is 2. The summed E-state index contributed by atoms with van der Waals surface area (Å²) in [6.45, 7) is 7.17. The number of aliphatic hydroxyl groups is 1. The molecule has 0 saturated heterocycles. The summed E-state index contributed by atoms with van der Waals surface area (Å²) in [5.41, 5.74) is -0.353. The lowest BCUT2D eigenvalue weighted by Crippen LogP contribution is -2.56. The SMILES string of the molecule is CC(=O)[C@H]1CC[C@H]2[C@@H]3CCC4C[C@](O)(C#CCn5nccn5)CC[C@]4(C)[C@H]3CC[C@]12C. The molecule has 168 valence electrons. The minimum Gasteiger partial charge on any atom is -0.378 e. The lowest BCUT2D eigenvalue weighted by atomic mass is 9.44. The molecule has 5 nitrogen and oxygen atoms in total. The molecule has 31 heavy (non-hydrogen) atoms. The van der Waals surface area contributed by atoms with E-state index in [9.17, 15) is 9.90 Å². The van der Waals surface area contributed by atoms with Gasteiger partial charge in [-0.25, -0.2) is 0 Å². The van der Waals surface area contributed by atoms with Crippen molar-refractivity contribution in [3.63, 3.8) is 0 Å². The van der Waals surface area contributed by atoms with Crippen LogP contribution in [-0.4, -0.2) is 31.5 Å². The number of hydrogen-bond acceptors (Lipinski definition) is 4. The Balaban J connectivity index is 1.31. The molecule has 1 unspecified atom stereocenters. The first kappa shape index (κ1) is 21.2. The van der Waals surface area contributed by atoms with Crippen molar-refractivity contribution < 1.29 is 9.90 Å². The van der Waals surface area contributed by atoms with Crippen LogP contribution in [-0.2, 0) is 11.3 Å². The molecule has 0 aliphatic heterocycles. The van der Waals surface area contributed by atoms with E-state index in [-0.39, 0.29) is 11.3 Å². The third kappa shape index (κ3) is 3.37. The predicted molar refractivity (Wildman–Crippen MR) is 119 cm³/mol. The van der Waals surface area contributed by atoms with Crippen LogP contribution in [0.15, 0.2) is 12.4 Å². The third-order valence-electron chi connectivity index (χ3n) is 10.2. The largest absolute Gasteiger partial charge is 0.378 e. The second-order valence-corrected chi connectivity index (χ2v) is 11.5. The highest BCUT2D eigenvalue weighted by molar-refractivity contribution is 5.79. The number of carbonyl (C=O) groups excluding carboxylic acids is 1. The average molecular weight is 424 g/mol. The topological polar surface area (TPSA) is 68.0 Å². The van der Waals surface area contributed by atoms with Crippen molar-refractivity contribution in [2.24, 2.45) is 40.4 Å². The van der Waals surface area contributed by atoms with Gasteiger partial charge in [0, 0.05) is 5.92 Å². The van der Waals surface area contributed by atoms with Crippen LogP contribution in [0.2, 0.25) is 0 Å². The minimum atomic E-state index is -0.875. The van der Waals surface area contributed by atoms with E-state index in [2.05, 4.69) is 35.9 Å². The van der Waals surface area contributed by atoms with Gasteiger partial charge in [0.2, 0.25) is 0 Å². The molecule has 4 fully saturated rings. The summed E-state index contributed by atoms with van der Waals surface area (Å²) in [5.74, 6) is 9.74. The van der Waals surface area contributed by atoms with E-state index in [1.807, 2.05) is 6.92 Å². The number of ketones is 1. The second kappa shape index (κ2) is 7.44. The maximum atomic E-state index is 12.3. The number of nitrogens with zero attached hydrogens (tertiary/aromatic N) is 3. The maximum Gasteiger partial charge on any atom is 0.133 e. The summed E-state index contributed by atoms with van der Waals surface area (Å²) in [5, 5.41) is 19.5. The van der Waals surface area contributed by atoms with Gasteiger partial charge in [-0.1, -0.05) is 25.7 Å². The molecule has 1 N–H and O–H groups in total. The molecule has 5 rings (SSSR count). The number of fused-ring (bicyclic) bond motifs is 5. The molecule has 1 aromatic heterocycles. The first-order valence-corrected chi connectivity index (χ1v) is 12.3. The maximum absolute atomic E-state index is 12.3. The van der Waals surface area contributed by atoms with Crippen LogP contribution >= 0.6 is 0 Å². The van der Waals surface area contributed by atoms with Gasteiger partial charge in [0.05, 0.1) is 12.4 Å². The monoisotopic (exact) mass is 423 g/mol. The molecule has 0 amide bonds. The smallest absolute Gasteiger partial charge is 0.133 e. The zero-order valence-electron chi connectivity index (χ0n) is 19.3. The highest BCUT2D eigenvalue weighted by Crippen LogP contribution is 2.68. The molecule has 0 spiro atoms. The van der Waals surface area contributed by atoms with Crippen LogP contribution in [0, 0.1) is 52.3 Å². The summed E-state index contributed by atoms with van der Waals surface area (Å²) < 4.78 is 0. The second-order valence-electron chi connectivity index (χ2n) is 11.5. The van der Waals surface area contributed by atoms with E-state index in [0.29, 0.717) is 29.6 Å². The Morgan fingerprint density at radius 1 is 1.03 bits per heavy atom. The molecule has 8 atom stereocenters. The molecule has 4 aliphatic carbocycles. The number of aromatic nitrogens is 3. The molecule has 4 saturated carbocycles. The fourth-order valence-corrected chi connectivity index (χ4v) is 8.63. The lowest BCUT2D eigenvalue weighted by Gasteiger charge is -2.61. The van der Waals surface area contributed by atoms with E-state index in [1.54, 1.807) is 17.2 Å². The molecule has 1 aromatic rings. The van der Waals surface area contributed by atoms with Gasteiger partial charge in [0.25, 0.3) is 0 Å². The van der Waals surface area contributed by atoms with Crippen LogP contribution in [0.3, 0.4) is 0 Å². The zero-order valence-corrected chi connectivity index (χ0v) is 19.3. The van der Waals surface area contributed by atoms with Crippen molar-refractivity contribution in [3.05, 3.63) is 12.4 Å². The Morgan fingerprint density at radius 2 is 1.77 bits per heavy atom. The summed E-state index contributed by atoms with van der Waals surface area (Å²) in [6.07, 6.45) is 13.2. The highest BCUT2D eigenvalue weighted by atomic mass is 16.3. The number of carbonyl (C=O) groups is 1. The van der Waals surface area contributed by atoms with Crippen LogP contribution < -0.4 is 0 Å². The Bertz CT molecular complexity index is 901. The van der Waals surface area contributed by atoms with Crippen molar-refractivity contribution in [1.29, 1.82) is 0 Å². The fourth-order valence-electron chi connectivity index (χ4n) is 8.63. The van der Waals surface area contributed by atoms with Gasteiger partial charge in [-0.05, 0) is 99.2 Å². The number of hydrogen-bond donors (Lipinski definition) is 1. The zero-order chi connectivity index (χ0) is 21.9. The molecule has 1 heterocycles. The van der Waals surface area contributed by atoms with Crippen molar-refractivity contribution >= 4 is 5.78 Å². The van der Waals surface area contributed by atoms with Crippen molar-refractivity contribution in [2.45, 2.75) is 90.7 Å². The number of Topliss-reactive ketones (excluding diaryl/α,β-unsaturated/α-hetero) is 1. The summed E-state index contributed by atoms with van der Waals surface area (Å²) in [4.78, 5) is 13.9. The van der Waals surface area contributed by atoms with Gasteiger partial charge in [-0.2, -0.15) is 15.0 Å². The third-order valence-corrected chi connectivity index (χ3v) is 10.2. The standard InChI is InChI=1S/C26H37N3O2/c1-18(30)21-7-8-22-20-6-5-19-17-26(31,10-4-16-29-27-14-15-28-29)13-12-24(19,2)23(20)9-11-25(21,22)3/h14-15,19-23,31H,5-9,11-13,16-17H2,1-3H3/t19?,20-,21+,22-,23-,24-,25+,26-/m0/s1. The Morgan fingerprint density at radius 3 is 2.52 bits per heavy atom. The molecular formula is C26H37N3O2. The van der Waals surface area contributed by atoms with Gasteiger partial charge in [0.1, 0.15) is 17.9 Å². The van der Waals surface area contributed by atoms with E-state index in [1.165, 1.54) is 32.1 Å². The van der Waals surface area contributed by atoms with Gasteiger partial charge in [-0.3, -0.25) is 4.79 Å². The fraction of sp³-hybridized carbons (Fsp3) is 0.808. The van der Waals surface area contributed by atoms with Crippen LogP contribution in [0.5, 0.6) is 0 Å². The van der Waals surface area contributed by atoms with E-state index < -0.39 is 5.60 Å². The van der Waals surface area contributed by atoms with E-state index in [4.69, 9.17) is 0 Å². The predicted octanol–water partition coefficient (Wildman–Crippen LogP) is 4.26. The molecule has 0 radical (unpaired) electrons. The minimum absolute atomic E-state index is 0.220. The average Bonchev–Trinajstić information content (AvgIpc) is 3.36. The van der Waals surface area contributed by atoms with E-state index >= 15 is 0 Å². The Hall–Kier alpha value is -1.67. The van der Waals surface area contributed by atoms with Crippen LogP contribution in [0.1, 0.15) is 78.6 Å². The van der Waals surface area contributed by atoms with Gasteiger partial charge < -0.3 is 5.11 Å². The Labute approximate surface area is 186 Å². The molecule has 5 heteroatoms. The molecule has 4 aliphatic rings. The lowest BCUT2D eigenvalue weighted by molar-refractivity contribution is -0.144. The summed E-state index contributed by atoms with van der Waals surface area (Å²) in [6, 6.07) is 0. The normalized spacial score (nSPS) is 46.3. The highest BCUT2D eigenvalue weighted by Gasteiger charge is 2.61. The molecule has 0 aromatic carbocycles. The quantitative estimate of drug-likeness (QED) is 0.722. The van der Waals surface area contributed by atoms with Gasteiger partial charge in [0.15, 0.2) is 0 Å². The van der Waals surface area contributed by atoms with Gasteiger partial charge in [-0.15, -0.1) is 0 Å². The van der Waals surface area contributed by atoms with Gasteiger partial charge >= 0.3 is 0 Å². The Kier molecular flexibility index (Phi) is 5.09. The summed E-state index contributed by atoms with van der Waals surface area (Å²) in [7, 11) is 0. The first-order valence-electron chi connectivity index (χ1n) is 12.3. The van der Waals surface area contributed by atoms with Crippen molar-refractivity contribution in [2.75, 3.05) is 0 Å². The first-order chi connectivity index (χ1) is 14.8. The van der Waals surface area contributed by atoms with Crippen LogP contribution in [0.25, 0.3) is 0 Å². The van der Waals surface area contributed by atoms with Crippen molar-refractivity contribution in [1.82, 2.24) is 15.0 Å².